The molecule has 0 unspecified atom stereocenters. The fraction of sp³-hybridized carbons (Fsp3) is 0.364. The molecular formula is C11H13Cl2NO2. The van der Waals surface area contributed by atoms with Gasteiger partial charge in [0.1, 0.15) is 0 Å². The molecule has 0 saturated carbocycles. The van der Waals surface area contributed by atoms with Crippen molar-refractivity contribution in [1.82, 2.24) is 0 Å². The number of halogens is 2. The quantitative estimate of drug-likeness (QED) is 0.728. The van der Waals surface area contributed by atoms with Crippen LogP contribution in [-0.4, -0.2) is 31.0 Å². The lowest BCUT2D eigenvalue weighted by Gasteiger charge is -2.28. The summed E-state index contributed by atoms with van der Waals surface area (Å²) in [4.78, 5) is 11.3. The Morgan fingerprint density at radius 1 is 1.12 bits per heavy atom. The number of morpholine rings is 1. The van der Waals surface area contributed by atoms with Crippen molar-refractivity contribution in [1.29, 1.82) is 0 Å². The van der Waals surface area contributed by atoms with E-state index in [4.69, 9.17) is 9.53 Å². The van der Waals surface area contributed by atoms with Gasteiger partial charge in [0, 0.05) is 18.8 Å². The predicted octanol–water partition coefficient (Wildman–Crippen LogP) is 3.11. The molecule has 0 spiro atoms. The van der Waals surface area contributed by atoms with Crippen molar-refractivity contribution in [2.24, 2.45) is 0 Å². The van der Waals surface area contributed by atoms with Gasteiger partial charge >= 0.3 is 4.70 Å². The van der Waals surface area contributed by atoms with Crippen LogP contribution >= 0.6 is 23.2 Å². The third-order valence-corrected chi connectivity index (χ3v) is 2.13. The van der Waals surface area contributed by atoms with Crippen molar-refractivity contribution in [3.05, 3.63) is 30.3 Å². The van der Waals surface area contributed by atoms with Crippen molar-refractivity contribution in [2.45, 2.75) is 0 Å². The van der Waals surface area contributed by atoms with E-state index in [0.29, 0.717) is 0 Å². The minimum atomic E-state index is -0.889. The Bertz CT molecular complexity index is 309. The molecular weight excluding hydrogens is 249 g/mol. The molecule has 1 fully saturated rings. The molecule has 0 aromatic heterocycles. The average Bonchev–Trinajstić information content (AvgIpc) is 2.31. The molecule has 88 valence electrons. The van der Waals surface area contributed by atoms with Gasteiger partial charge in [-0.05, 0) is 35.3 Å². The highest BCUT2D eigenvalue weighted by Gasteiger charge is 2.09. The summed E-state index contributed by atoms with van der Waals surface area (Å²) in [5, 5.41) is 0. The first kappa shape index (κ1) is 13.3. The lowest BCUT2D eigenvalue weighted by atomic mass is 10.3. The first-order chi connectivity index (χ1) is 7.70. The lowest BCUT2D eigenvalue weighted by Crippen LogP contribution is -2.36. The molecule has 1 aromatic rings. The van der Waals surface area contributed by atoms with Gasteiger partial charge in [-0.2, -0.15) is 0 Å². The Morgan fingerprint density at radius 3 is 2.12 bits per heavy atom. The van der Waals surface area contributed by atoms with Gasteiger partial charge in [0.2, 0.25) is 0 Å². The van der Waals surface area contributed by atoms with Crippen molar-refractivity contribution in [3.63, 3.8) is 0 Å². The molecule has 1 aromatic carbocycles. The van der Waals surface area contributed by atoms with Crippen LogP contribution in [0.4, 0.5) is 10.5 Å². The van der Waals surface area contributed by atoms with E-state index >= 15 is 0 Å². The van der Waals surface area contributed by atoms with Gasteiger partial charge in [0.25, 0.3) is 0 Å². The molecule has 1 saturated heterocycles. The second-order valence-electron chi connectivity index (χ2n) is 3.16. The Balaban J connectivity index is 0.000000280. The summed E-state index contributed by atoms with van der Waals surface area (Å²) < 4.78 is 4.39. The van der Waals surface area contributed by atoms with Gasteiger partial charge in [-0.1, -0.05) is 18.2 Å². The number of hydrogen-bond donors (Lipinski definition) is 0. The number of carbonyl (C=O) groups is 1. The van der Waals surface area contributed by atoms with E-state index in [1.807, 2.05) is 6.07 Å². The monoisotopic (exact) mass is 261 g/mol. The van der Waals surface area contributed by atoms with Gasteiger partial charge in [-0.3, -0.25) is 4.79 Å². The molecule has 3 nitrogen and oxygen atoms in total. The normalized spacial score (nSPS) is 15.0. The molecule has 1 aliphatic rings. The zero-order valence-corrected chi connectivity index (χ0v) is 10.2. The Hall–Kier alpha value is -0.770. The summed E-state index contributed by atoms with van der Waals surface area (Å²) >= 11 is 8.80. The SMILES string of the molecule is O=C(Cl)Cl.c1ccc(N2CCOCC2)cc1. The third-order valence-electron chi connectivity index (χ3n) is 2.13. The van der Waals surface area contributed by atoms with Gasteiger partial charge in [0.15, 0.2) is 0 Å². The van der Waals surface area contributed by atoms with Crippen LogP contribution in [0.1, 0.15) is 0 Å². The molecule has 5 heteroatoms. The van der Waals surface area contributed by atoms with E-state index < -0.39 is 4.70 Å². The molecule has 1 aliphatic heterocycles. The van der Waals surface area contributed by atoms with Crippen LogP contribution in [0.5, 0.6) is 0 Å². The van der Waals surface area contributed by atoms with Crippen molar-refractivity contribution >= 4 is 33.6 Å². The van der Waals surface area contributed by atoms with Crippen molar-refractivity contribution in [3.8, 4) is 0 Å². The molecule has 1 heterocycles. The van der Waals surface area contributed by atoms with Gasteiger partial charge in [-0.25, -0.2) is 0 Å². The van der Waals surface area contributed by atoms with E-state index in [1.165, 1.54) is 5.69 Å². The molecule has 0 N–H and O–H groups in total. The maximum absolute atomic E-state index is 8.98. The Labute approximate surface area is 105 Å². The first-order valence-corrected chi connectivity index (χ1v) is 5.68. The fourth-order valence-electron chi connectivity index (χ4n) is 1.46. The number of benzene rings is 1. The van der Waals surface area contributed by atoms with Crippen LogP contribution in [0.2, 0.25) is 0 Å². The van der Waals surface area contributed by atoms with E-state index in [-0.39, 0.29) is 0 Å². The van der Waals surface area contributed by atoms with Gasteiger partial charge in [-0.15, -0.1) is 0 Å². The standard InChI is InChI=1S/C10H13NO.CCl2O/c1-2-4-10(5-3-1)11-6-8-12-9-7-11;2-1(3)4/h1-5H,6-9H2;. The maximum Gasteiger partial charge on any atom is 0.313 e. The summed E-state index contributed by atoms with van der Waals surface area (Å²) in [5.41, 5.74) is 1.31. The molecule has 16 heavy (non-hydrogen) atoms. The Morgan fingerprint density at radius 2 is 1.62 bits per heavy atom. The number of hydrogen-bond acceptors (Lipinski definition) is 3. The molecule has 2 rings (SSSR count). The zero-order chi connectivity index (χ0) is 11.8. The number of para-hydroxylation sites is 1. The molecule has 0 aliphatic carbocycles. The van der Waals surface area contributed by atoms with E-state index in [2.05, 4.69) is 52.4 Å². The molecule has 0 radical (unpaired) electrons. The second kappa shape index (κ2) is 7.49. The average molecular weight is 262 g/mol. The molecule has 0 atom stereocenters. The van der Waals surface area contributed by atoms with Crippen LogP contribution < -0.4 is 4.90 Å². The minimum absolute atomic E-state index is 0.856. The number of nitrogens with zero attached hydrogens (tertiary/aromatic N) is 1. The highest BCUT2D eigenvalue weighted by molar-refractivity contribution is 6.93. The van der Waals surface area contributed by atoms with Crippen LogP contribution in [0.3, 0.4) is 0 Å². The van der Waals surface area contributed by atoms with Crippen LogP contribution in [-0.2, 0) is 4.74 Å². The third kappa shape index (κ3) is 5.35. The smallest absolute Gasteiger partial charge is 0.313 e. The predicted molar refractivity (Wildman–Crippen MR) is 66.6 cm³/mol. The van der Waals surface area contributed by atoms with Gasteiger partial charge < -0.3 is 9.64 Å². The number of rotatable bonds is 1. The molecule has 0 bridgehead atoms. The van der Waals surface area contributed by atoms with Crippen LogP contribution in [0, 0.1) is 0 Å². The van der Waals surface area contributed by atoms with Crippen LogP contribution in [0.25, 0.3) is 0 Å². The summed E-state index contributed by atoms with van der Waals surface area (Å²) in [6.07, 6.45) is 0. The lowest BCUT2D eigenvalue weighted by molar-refractivity contribution is 0.122. The first-order valence-electron chi connectivity index (χ1n) is 4.93. The fourth-order valence-corrected chi connectivity index (χ4v) is 1.46. The summed E-state index contributed by atoms with van der Waals surface area (Å²) in [6, 6.07) is 10.5. The topological polar surface area (TPSA) is 29.5 Å². The van der Waals surface area contributed by atoms with Gasteiger partial charge in [0.05, 0.1) is 13.2 Å². The zero-order valence-electron chi connectivity index (χ0n) is 8.73. The van der Waals surface area contributed by atoms with Crippen molar-refractivity contribution < 1.29 is 9.53 Å². The second-order valence-corrected chi connectivity index (χ2v) is 4.04. The largest absolute Gasteiger partial charge is 0.378 e. The summed E-state index contributed by atoms with van der Waals surface area (Å²) in [7, 11) is 0. The Kier molecular flexibility index (Phi) is 6.23. The highest BCUT2D eigenvalue weighted by Crippen LogP contribution is 2.13. The van der Waals surface area contributed by atoms with E-state index in [0.717, 1.165) is 26.3 Å². The molecule has 0 amide bonds. The van der Waals surface area contributed by atoms with E-state index in [9.17, 15) is 0 Å². The highest BCUT2D eigenvalue weighted by atomic mass is 35.5. The number of carbonyl (C=O) groups excluding carboxylic acids is 1. The van der Waals surface area contributed by atoms with Crippen LogP contribution in [0.15, 0.2) is 30.3 Å². The minimum Gasteiger partial charge on any atom is -0.378 e. The maximum atomic E-state index is 8.98. The number of anilines is 1. The van der Waals surface area contributed by atoms with E-state index in [1.54, 1.807) is 0 Å². The summed E-state index contributed by atoms with van der Waals surface area (Å²) in [5.74, 6) is 0. The van der Waals surface area contributed by atoms with Crippen molar-refractivity contribution in [2.75, 3.05) is 31.2 Å². The number of ether oxygens (including phenoxy) is 1. The summed E-state index contributed by atoms with van der Waals surface area (Å²) in [6.45, 7) is 3.75.